The maximum Gasteiger partial charge on any atom is 0.257 e. The van der Waals surface area contributed by atoms with Crippen LogP contribution in [0.2, 0.25) is 0 Å². The highest BCUT2D eigenvalue weighted by Crippen LogP contribution is 2.30. The third-order valence-electron chi connectivity index (χ3n) is 3.99. The van der Waals surface area contributed by atoms with Crippen molar-refractivity contribution >= 4 is 42.6 Å². The lowest BCUT2D eigenvalue weighted by Gasteiger charge is -2.13. The van der Waals surface area contributed by atoms with Crippen LogP contribution in [0, 0.1) is 0 Å². The first-order valence-corrected chi connectivity index (χ1v) is 10.3. The van der Waals surface area contributed by atoms with Gasteiger partial charge in [0, 0.05) is 10.0 Å². The van der Waals surface area contributed by atoms with E-state index in [2.05, 4.69) is 26.2 Å². The second-order valence-corrected chi connectivity index (χ2v) is 8.35. The highest BCUT2D eigenvalue weighted by atomic mass is 79.9. The van der Waals surface area contributed by atoms with Gasteiger partial charge in [0.25, 0.3) is 10.0 Å². The molecule has 0 aliphatic carbocycles. The first-order chi connectivity index (χ1) is 12.9. The van der Waals surface area contributed by atoms with Crippen LogP contribution in [0.25, 0.3) is 10.8 Å². The number of rotatable bonds is 6. The van der Waals surface area contributed by atoms with Gasteiger partial charge in [0.2, 0.25) is 5.91 Å². The van der Waals surface area contributed by atoms with Crippen molar-refractivity contribution in [3.63, 3.8) is 0 Å². The number of sulfonamides is 1. The topological polar surface area (TPSA) is 84.5 Å². The maximum atomic E-state index is 12.4. The summed E-state index contributed by atoms with van der Waals surface area (Å²) in [6.07, 6.45) is -0.0422. The molecule has 0 unspecified atom stereocenters. The smallest absolute Gasteiger partial charge is 0.257 e. The van der Waals surface area contributed by atoms with Crippen molar-refractivity contribution in [2.75, 3.05) is 7.11 Å². The lowest BCUT2D eigenvalue weighted by molar-refractivity contribution is -0.120. The summed E-state index contributed by atoms with van der Waals surface area (Å²) in [6.45, 7) is 0. The molecule has 27 heavy (non-hydrogen) atoms. The molecule has 6 nitrogen and oxygen atoms in total. The summed E-state index contributed by atoms with van der Waals surface area (Å²) >= 11 is 3.43. The molecule has 0 aliphatic rings. The molecule has 8 heteroatoms. The second kappa shape index (κ2) is 8.08. The van der Waals surface area contributed by atoms with Gasteiger partial charge in [-0.25, -0.2) is 8.42 Å². The van der Waals surface area contributed by atoms with E-state index in [1.165, 1.54) is 19.2 Å². The quantitative estimate of drug-likeness (QED) is 0.567. The largest absolute Gasteiger partial charge is 0.496 e. The SMILES string of the molecule is COc1ccc2cc(Br)ccc2c1CC(=O)NNS(=O)(=O)c1ccccc1. The number of hydrogen-bond donors (Lipinski definition) is 2. The van der Waals surface area contributed by atoms with Crippen molar-refractivity contribution in [3.8, 4) is 5.75 Å². The predicted molar refractivity (Wildman–Crippen MR) is 107 cm³/mol. The van der Waals surface area contributed by atoms with Crippen LogP contribution in [0.1, 0.15) is 5.56 Å². The Morgan fingerprint density at radius 3 is 2.52 bits per heavy atom. The van der Waals surface area contributed by atoms with Crippen LogP contribution in [0.5, 0.6) is 5.75 Å². The Morgan fingerprint density at radius 1 is 1.07 bits per heavy atom. The van der Waals surface area contributed by atoms with Crippen molar-refractivity contribution in [2.24, 2.45) is 0 Å². The van der Waals surface area contributed by atoms with Gasteiger partial charge >= 0.3 is 0 Å². The number of carbonyl (C=O) groups is 1. The molecule has 0 aliphatic heterocycles. The molecule has 0 aromatic heterocycles. The van der Waals surface area contributed by atoms with Gasteiger partial charge in [-0.2, -0.15) is 0 Å². The van der Waals surface area contributed by atoms with Gasteiger partial charge < -0.3 is 4.74 Å². The molecule has 0 bridgehead atoms. The summed E-state index contributed by atoms with van der Waals surface area (Å²) in [5.41, 5.74) is 2.94. The molecule has 0 heterocycles. The fourth-order valence-electron chi connectivity index (χ4n) is 2.71. The summed E-state index contributed by atoms with van der Waals surface area (Å²) in [7, 11) is -2.30. The number of ether oxygens (including phenoxy) is 1. The Bertz CT molecular complexity index is 1090. The number of fused-ring (bicyclic) bond motifs is 1. The first kappa shape index (κ1) is 19.3. The third-order valence-corrected chi connectivity index (χ3v) is 5.74. The predicted octanol–water partition coefficient (Wildman–Crippen LogP) is 3.16. The lowest BCUT2D eigenvalue weighted by Crippen LogP contribution is -2.42. The first-order valence-electron chi connectivity index (χ1n) is 8.01. The van der Waals surface area contributed by atoms with E-state index in [-0.39, 0.29) is 11.3 Å². The number of carbonyl (C=O) groups excluding carboxylic acids is 1. The average Bonchev–Trinajstić information content (AvgIpc) is 2.67. The molecular formula is C19H17BrN2O4S. The molecule has 140 valence electrons. The van der Waals surface area contributed by atoms with Gasteiger partial charge in [-0.3, -0.25) is 10.2 Å². The van der Waals surface area contributed by atoms with Crippen LogP contribution in [0.3, 0.4) is 0 Å². The van der Waals surface area contributed by atoms with E-state index < -0.39 is 15.9 Å². The van der Waals surface area contributed by atoms with E-state index in [0.717, 1.165) is 15.2 Å². The van der Waals surface area contributed by atoms with E-state index in [0.29, 0.717) is 11.3 Å². The Labute approximate surface area is 165 Å². The number of hydrazine groups is 1. The minimum absolute atomic E-state index is 0.0422. The second-order valence-electron chi connectivity index (χ2n) is 5.76. The minimum Gasteiger partial charge on any atom is -0.496 e. The van der Waals surface area contributed by atoms with E-state index in [4.69, 9.17) is 4.74 Å². The molecule has 3 rings (SSSR count). The summed E-state index contributed by atoms with van der Waals surface area (Å²) < 4.78 is 30.7. The molecule has 0 radical (unpaired) electrons. The molecule has 0 atom stereocenters. The van der Waals surface area contributed by atoms with Crippen LogP contribution in [-0.2, 0) is 21.2 Å². The zero-order valence-electron chi connectivity index (χ0n) is 14.4. The standard InChI is InChI=1S/C19H17BrN2O4S/c1-26-18-10-7-13-11-14(20)8-9-16(13)17(18)12-19(23)21-22-27(24,25)15-5-3-2-4-6-15/h2-11,22H,12H2,1H3,(H,21,23). The van der Waals surface area contributed by atoms with E-state index in [1.807, 2.05) is 24.3 Å². The summed E-state index contributed by atoms with van der Waals surface area (Å²) in [6, 6.07) is 17.2. The maximum absolute atomic E-state index is 12.4. The molecule has 0 saturated carbocycles. The normalized spacial score (nSPS) is 11.3. The number of halogens is 1. The number of benzene rings is 3. The number of hydrogen-bond acceptors (Lipinski definition) is 4. The summed E-state index contributed by atoms with van der Waals surface area (Å²) in [5, 5.41) is 1.80. The van der Waals surface area contributed by atoms with Gasteiger partial charge in [-0.05, 0) is 41.1 Å². The van der Waals surface area contributed by atoms with E-state index >= 15 is 0 Å². The molecule has 2 N–H and O–H groups in total. The Morgan fingerprint density at radius 2 is 1.81 bits per heavy atom. The van der Waals surface area contributed by atoms with E-state index in [1.54, 1.807) is 24.3 Å². The minimum atomic E-state index is -3.83. The van der Waals surface area contributed by atoms with Crippen LogP contribution in [0.15, 0.2) is 70.0 Å². The fourth-order valence-corrected chi connectivity index (χ4v) is 3.97. The lowest BCUT2D eigenvalue weighted by atomic mass is 10.0. The summed E-state index contributed by atoms with van der Waals surface area (Å²) in [4.78, 5) is 14.5. The van der Waals surface area contributed by atoms with Crippen molar-refractivity contribution in [1.82, 2.24) is 10.3 Å². The molecule has 1 amide bonds. The zero-order chi connectivity index (χ0) is 19.4. The monoisotopic (exact) mass is 448 g/mol. The molecule has 0 spiro atoms. The van der Waals surface area contributed by atoms with Crippen LogP contribution in [0.4, 0.5) is 0 Å². The number of amides is 1. The molecule has 3 aromatic carbocycles. The van der Waals surface area contributed by atoms with Crippen LogP contribution >= 0.6 is 15.9 Å². The van der Waals surface area contributed by atoms with Gasteiger partial charge in [0.05, 0.1) is 18.4 Å². The van der Waals surface area contributed by atoms with Crippen LogP contribution < -0.4 is 15.0 Å². The Hall–Kier alpha value is -2.42. The highest BCUT2D eigenvalue weighted by molar-refractivity contribution is 9.10. The number of methoxy groups -OCH3 is 1. The highest BCUT2D eigenvalue weighted by Gasteiger charge is 2.17. The van der Waals surface area contributed by atoms with Crippen molar-refractivity contribution in [3.05, 3.63) is 70.7 Å². The van der Waals surface area contributed by atoms with Crippen molar-refractivity contribution in [2.45, 2.75) is 11.3 Å². The van der Waals surface area contributed by atoms with E-state index in [9.17, 15) is 13.2 Å². The third kappa shape index (κ3) is 4.47. The van der Waals surface area contributed by atoms with Crippen molar-refractivity contribution < 1.29 is 17.9 Å². The van der Waals surface area contributed by atoms with Gasteiger partial charge in [-0.1, -0.05) is 46.3 Å². The molecular weight excluding hydrogens is 432 g/mol. The van der Waals surface area contributed by atoms with Crippen LogP contribution in [-0.4, -0.2) is 21.4 Å². The fraction of sp³-hybridized carbons (Fsp3) is 0.105. The average molecular weight is 449 g/mol. The summed E-state index contributed by atoms with van der Waals surface area (Å²) in [5.74, 6) is 0.0640. The molecule has 0 fully saturated rings. The molecule has 3 aromatic rings. The van der Waals surface area contributed by atoms with Gasteiger partial charge in [0.15, 0.2) is 0 Å². The van der Waals surface area contributed by atoms with Gasteiger partial charge in [0.1, 0.15) is 5.75 Å². The Kier molecular flexibility index (Phi) is 5.79. The Balaban J connectivity index is 1.80. The van der Waals surface area contributed by atoms with Gasteiger partial charge in [-0.15, -0.1) is 4.83 Å². The zero-order valence-corrected chi connectivity index (χ0v) is 16.8. The number of nitrogens with one attached hydrogen (secondary N) is 2. The molecule has 0 saturated heterocycles. The van der Waals surface area contributed by atoms with Crippen molar-refractivity contribution in [1.29, 1.82) is 0 Å².